The number of aryl methyl sites for hydroxylation is 1. The van der Waals surface area contributed by atoms with Crippen molar-refractivity contribution in [2.75, 3.05) is 4.90 Å². The summed E-state index contributed by atoms with van der Waals surface area (Å²) in [6.07, 6.45) is -3.30. The molecule has 2 heterocycles. The van der Waals surface area contributed by atoms with Crippen LogP contribution in [-0.4, -0.2) is 12.3 Å². The largest absolute Gasteiger partial charge is 0.391 e. The quantitative estimate of drug-likeness (QED) is 0.760. The maximum atomic E-state index is 13.2. The Morgan fingerprint density at radius 3 is 2.54 bits per heavy atom. The first-order valence-corrected chi connectivity index (χ1v) is 8.38. The van der Waals surface area contributed by atoms with Gasteiger partial charge in [0.15, 0.2) is 0 Å². The van der Waals surface area contributed by atoms with Gasteiger partial charge in [0, 0.05) is 11.9 Å². The Morgan fingerprint density at radius 1 is 1.25 bits per heavy atom. The van der Waals surface area contributed by atoms with Crippen LogP contribution in [0.4, 0.5) is 23.2 Å². The zero-order valence-corrected chi connectivity index (χ0v) is 14.0. The van der Waals surface area contributed by atoms with Crippen molar-refractivity contribution < 1.29 is 17.6 Å². The lowest BCUT2D eigenvalue weighted by molar-refractivity contribution is -0.172. The minimum absolute atomic E-state index is 0.161. The van der Waals surface area contributed by atoms with E-state index >= 15 is 0 Å². The smallest absolute Gasteiger partial charge is 0.324 e. The van der Waals surface area contributed by atoms with Gasteiger partial charge in [-0.15, -0.1) is 11.3 Å². The molecule has 1 aromatic carbocycles. The Kier molecular flexibility index (Phi) is 4.38. The van der Waals surface area contributed by atoms with Crippen LogP contribution < -0.4 is 14.8 Å². The molecule has 0 saturated heterocycles. The fraction of sp³-hybridized carbons (Fsp3) is 0.353. The van der Waals surface area contributed by atoms with Crippen molar-refractivity contribution in [3.8, 4) is 0 Å². The first kappa shape index (κ1) is 17.0. The van der Waals surface area contributed by atoms with E-state index in [9.17, 15) is 17.6 Å². The van der Waals surface area contributed by atoms with E-state index in [1.54, 1.807) is 23.2 Å². The monoisotopic (exact) mass is 356 g/mol. The highest BCUT2D eigenvalue weighted by Gasteiger charge is 2.38. The van der Waals surface area contributed by atoms with Gasteiger partial charge in [0.25, 0.3) is 0 Å². The molecular formula is C17H16F4N2S. The van der Waals surface area contributed by atoms with E-state index < -0.39 is 18.3 Å². The van der Waals surface area contributed by atoms with Crippen LogP contribution in [0.25, 0.3) is 6.20 Å². The Bertz CT molecular complexity index is 839. The van der Waals surface area contributed by atoms with Gasteiger partial charge in [-0.05, 0) is 48.6 Å². The molecule has 2 unspecified atom stereocenters. The first-order chi connectivity index (χ1) is 11.3. The third kappa shape index (κ3) is 3.31. The maximum absolute atomic E-state index is 13.2. The lowest BCUT2D eigenvalue weighted by Gasteiger charge is -2.31. The van der Waals surface area contributed by atoms with Crippen LogP contribution in [0.2, 0.25) is 0 Å². The van der Waals surface area contributed by atoms with Crippen LogP contribution in [-0.2, 0) is 0 Å². The highest BCUT2D eigenvalue weighted by Crippen LogP contribution is 2.32. The zero-order chi connectivity index (χ0) is 17.5. The normalized spacial score (nSPS) is 18.6. The summed E-state index contributed by atoms with van der Waals surface area (Å²) in [5, 5.41) is 2.68. The van der Waals surface area contributed by atoms with Gasteiger partial charge in [0.2, 0.25) is 0 Å². The molecule has 1 aliphatic rings. The molecule has 2 aromatic rings. The second kappa shape index (κ2) is 6.20. The molecule has 0 N–H and O–H groups in total. The molecule has 0 amide bonds. The number of hydrogen-bond donors (Lipinski definition) is 0. The van der Waals surface area contributed by atoms with E-state index in [1.165, 1.54) is 23.5 Å². The topological polar surface area (TPSA) is 15.6 Å². The molecule has 128 valence electrons. The van der Waals surface area contributed by atoms with Gasteiger partial charge in [-0.3, -0.25) is 4.99 Å². The van der Waals surface area contributed by atoms with Crippen molar-refractivity contribution in [1.29, 1.82) is 0 Å². The lowest BCUT2D eigenvalue weighted by Crippen LogP contribution is -2.42. The molecule has 1 aliphatic heterocycles. The van der Waals surface area contributed by atoms with Gasteiger partial charge in [0.05, 0.1) is 15.8 Å². The molecule has 2 nitrogen and oxygen atoms in total. The average Bonchev–Trinajstić information content (AvgIpc) is 2.87. The second-order valence-electron chi connectivity index (χ2n) is 5.93. The third-order valence-electron chi connectivity index (χ3n) is 4.07. The lowest BCUT2D eigenvalue weighted by atomic mass is 10.0. The number of rotatable bonds is 3. The highest BCUT2D eigenvalue weighted by atomic mass is 32.1. The average molecular weight is 356 g/mol. The first-order valence-electron chi connectivity index (χ1n) is 7.50. The Morgan fingerprint density at radius 2 is 1.92 bits per heavy atom. The summed E-state index contributed by atoms with van der Waals surface area (Å²) in [6.45, 7) is 3.05. The Balaban J connectivity index is 2.03. The molecule has 1 aromatic heterocycles. The summed E-state index contributed by atoms with van der Waals surface area (Å²) in [6, 6.07) is 5.70. The minimum atomic E-state index is -4.27. The number of thiophene rings is 1. The summed E-state index contributed by atoms with van der Waals surface area (Å²) < 4.78 is 53.0. The molecule has 0 bridgehead atoms. The predicted octanol–water partition coefficient (Wildman–Crippen LogP) is 3.99. The Hall–Kier alpha value is -1.89. The molecule has 24 heavy (non-hydrogen) atoms. The highest BCUT2D eigenvalue weighted by molar-refractivity contribution is 7.07. The summed E-state index contributed by atoms with van der Waals surface area (Å²) in [5.41, 5.74) is 1.57. The van der Waals surface area contributed by atoms with Crippen LogP contribution in [0.5, 0.6) is 0 Å². The number of nitrogens with zero attached hydrogens (tertiary/aromatic N) is 2. The number of anilines is 1. The van der Waals surface area contributed by atoms with Crippen molar-refractivity contribution in [2.24, 2.45) is 10.9 Å². The van der Waals surface area contributed by atoms with Crippen LogP contribution in [0.1, 0.15) is 18.9 Å². The Labute approximate surface area is 140 Å². The van der Waals surface area contributed by atoms with E-state index in [0.717, 1.165) is 22.4 Å². The van der Waals surface area contributed by atoms with Gasteiger partial charge in [-0.25, -0.2) is 4.39 Å². The SMILES string of the molecule is Cc1csc2c1=NC(CC(C)C(F)(F)F)N(c1ccc(F)cc1)C=2. The third-order valence-corrected chi connectivity index (χ3v) is 5.10. The molecule has 3 rings (SSSR count). The van der Waals surface area contributed by atoms with E-state index in [4.69, 9.17) is 0 Å². The van der Waals surface area contributed by atoms with Crippen LogP contribution in [0.3, 0.4) is 0 Å². The van der Waals surface area contributed by atoms with Gasteiger partial charge < -0.3 is 4.90 Å². The summed E-state index contributed by atoms with van der Waals surface area (Å²) in [4.78, 5) is 6.24. The van der Waals surface area contributed by atoms with Gasteiger partial charge >= 0.3 is 6.18 Å². The predicted molar refractivity (Wildman–Crippen MR) is 86.8 cm³/mol. The van der Waals surface area contributed by atoms with Crippen molar-refractivity contribution in [2.45, 2.75) is 32.6 Å². The summed E-state index contributed by atoms with van der Waals surface area (Å²) in [7, 11) is 0. The van der Waals surface area contributed by atoms with Gasteiger partial charge in [-0.2, -0.15) is 13.2 Å². The number of fused-ring (bicyclic) bond motifs is 1. The van der Waals surface area contributed by atoms with E-state index in [2.05, 4.69) is 4.99 Å². The minimum Gasteiger partial charge on any atom is -0.324 e. The van der Waals surface area contributed by atoms with E-state index in [0.29, 0.717) is 5.69 Å². The van der Waals surface area contributed by atoms with Crippen LogP contribution in [0, 0.1) is 18.7 Å². The fourth-order valence-electron chi connectivity index (χ4n) is 2.61. The van der Waals surface area contributed by atoms with Gasteiger partial charge in [-0.1, -0.05) is 6.92 Å². The molecule has 0 aliphatic carbocycles. The van der Waals surface area contributed by atoms with Crippen molar-refractivity contribution in [1.82, 2.24) is 0 Å². The summed E-state index contributed by atoms with van der Waals surface area (Å²) in [5.74, 6) is -1.87. The van der Waals surface area contributed by atoms with Crippen molar-refractivity contribution >= 4 is 23.2 Å². The molecule has 0 saturated carbocycles. The molecule has 0 fully saturated rings. The van der Waals surface area contributed by atoms with Crippen molar-refractivity contribution in [3.63, 3.8) is 0 Å². The van der Waals surface area contributed by atoms with Crippen LogP contribution >= 0.6 is 11.3 Å². The van der Waals surface area contributed by atoms with E-state index in [1.807, 2.05) is 12.3 Å². The number of halogens is 4. The number of hydrogen-bond acceptors (Lipinski definition) is 3. The van der Waals surface area contributed by atoms with Crippen LogP contribution in [0.15, 0.2) is 34.6 Å². The standard InChI is InChI=1S/C17H16F4N2S/c1-10-9-24-14-8-23(13-5-3-12(18)4-6-13)15(22-16(10)14)7-11(2)17(19,20)21/h3-6,8-9,11,15H,7H2,1-2H3. The fourth-order valence-corrected chi connectivity index (χ4v) is 3.53. The molecule has 2 atom stereocenters. The van der Waals surface area contributed by atoms with Crippen molar-refractivity contribution in [3.05, 3.63) is 50.9 Å². The zero-order valence-electron chi connectivity index (χ0n) is 13.1. The van der Waals surface area contributed by atoms with E-state index in [-0.39, 0.29) is 12.2 Å². The number of benzene rings is 1. The molecule has 0 spiro atoms. The maximum Gasteiger partial charge on any atom is 0.391 e. The number of alkyl halides is 3. The molecule has 0 radical (unpaired) electrons. The molecule has 7 heteroatoms. The molecular weight excluding hydrogens is 340 g/mol. The second-order valence-corrected chi connectivity index (χ2v) is 6.84. The summed E-state index contributed by atoms with van der Waals surface area (Å²) >= 11 is 1.49. The van der Waals surface area contributed by atoms with Gasteiger partial charge in [0.1, 0.15) is 12.0 Å².